The number of carbonyl (C=O) groups is 3. The Morgan fingerprint density at radius 2 is 1.89 bits per heavy atom. The highest BCUT2D eigenvalue weighted by atomic mass is 16.5. The standard InChI is InChI=1S/C26H28N6O5/c1-3-19-22(37-16(2)29-19)24(34)31-25-30-20-14-18(23(27)33)10-11-21(20)32(25)13-7-12-28-26(35)36-15-17-8-5-4-6-9-17/h4-6,8-11,14H,3,7,12-13,15H2,1-2H3,(H2,27,33)(H,28,35)(H,30,31,34). The van der Waals surface area contributed by atoms with Crippen molar-refractivity contribution in [2.75, 3.05) is 11.9 Å². The monoisotopic (exact) mass is 504 g/mol. The molecule has 0 radical (unpaired) electrons. The van der Waals surface area contributed by atoms with Gasteiger partial charge in [0.25, 0.3) is 5.91 Å². The molecule has 11 nitrogen and oxygen atoms in total. The van der Waals surface area contributed by atoms with E-state index in [1.54, 1.807) is 29.7 Å². The van der Waals surface area contributed by atoms with Crippen LogP contribution in [0.5, 0.6) is 0 Å². The number of nitrogens with one attached hydrogen (secondary N) is 2. The molecule has 37 heavy (non-hydrogen) atoms. The van der Waals surface area contributed by atoms with E-state index in [1.165, 1.54) is 0 Å². The molecule has 4 N–H and O–H groups in total. The second-order valence-electron chi connectivity index (χ2n) is 8.31. The van der Waals surface area contributed by atoms with Crippen LogP contribution in [0.1, 0.15) is 51.4 Å². The summed E-state index contributed by atoms with van der Waals surface area (Å²) in [5.74, 6) is -0.271. The summed E-state index contributed by atoms with van der Waals surface area (Å²) in [6.07, 6.45) is 0.533. The maximum absolute atomic E-state index is 13.0. The fourth-order valence-electron chi connectivity index (χ4n) is 3.85. The number of amides is 3. The lowest BCUT2D eigenvalue weighted by Gasteiger charge is -2.11. The highest BCUT2D eigenvalue weighted by Crippen LogP contribution is 2.23. The number of imidazole rings is 1. The molecule has 11 heteroatoms. The molecule has 0 saturated carbocycles. The van der Waals surface area contributed by atoms with Crippen LogP contribution in [0, 0.1) is 6.92 Å². The Morgan fingerprint density at radius 3 is 2.62 bits per heavy atom. The van der Waals surface area contributed by atoms with E-state index in [0.29, 0.717) is 54.1 Å². The summed E-state index contributed by atoms with van der Waals surface area (Å²) in [7, 11) is 0. The molecule has 4 aromatic rings. The zero-order valence-corrected chi connectivity index (χ0v) is 20.6. The van der Waals surface area contributed by atoms with Gasteiger partial charge in [-0.05, 0) is 36.6 Å². The van der Waals surface area contributed by atoms with Crippen molar-refractivity contribution in [3.05, 3.63) is 77.0 Å². The number of fused-ring (bicyclic) bond motifs is 1. The van der Waals surface area contributed by atoms with Crippen LogP contribution in [-0.2, 0) is 24.3 Å². The summed E-state index contributed by atoms with van der Waals surface area (Å²) >= 11 is 0. The molecule has 4 rings (SSSR count). The number of alkyl carbamates (subject to hydrolysis) is 1. The lowest BCUT2D eigenvalue weighted by Crippen LogP contribution is -2.26. The Hall–Kier alpha value is -4.67. The quantitative estimate of drug-likeness (QED) is 0.279. The van der Waals surface area contributed by atoms with Crippen molar-refractivity contribution in [3.63, 3.8) is 0 Å². The number of nitrogens with two attached hydrogens (primary N) is 1. The van der Waals surface area contributed by atoms with Gasteiger partial charge >= 0.3 is 6.09 Å². The van der Waals surface area contributed by atoms with Gasteiger partial charge in [0.2, 0.25) is 17.6 Å². The lowest BCUT2D eigenvalue weighted by molar-refractivity contribution is 0.0988. The van der Waals surface area contributed by atoms with Gasteiger partial charge in [-0.1, -0.05) is 37.3 Å². The van der Waals surface area contributed by atoms with Gasteiger partial charge < -0.3 is 24.8 Å². The number of aromatic nitrogens is 3. The molecule has 3 amide bonds. The molecule has 0 unspecified atom stereocenters. The molecule has 0 saturated heterocycles. The van der Waals surface area contributed by atoms with E-state index in [1.807, 2.05) is 37.3 Å². The molecule has 0 aliphatic carbocycles. The second-order valence-corrected chi connectivity index (χ2v) is 8.31. The van der Waals surface area contributed by atoms with Gasteiger partial charge in [-0.15, -0.1) is 0 Å². The van der Waals surface area contributed by atoms with Crippen LogP contribution in [0.25, 0.3) is 11.0 Å². The number of nitrogens with zero attached hydrogens (tertiary/aromatic N) is 3. The van der Waals surface area contributed by atoms with Crippen LogP contribution in [-0.4, -0.2) is 39.0 Å². The first-order valence-corrected chi connectivity index (χ1v) is 11.9. The summed E-state index contributed by atoms with van der Waals surface area (Å²) < 4.78 is 12.5. The molecule has 0 fully saturated rings. The number of ether oxygens (including phenoxy) is 1. The van der Waals surface area contributed by atoms with Crippen molar-refractivity contribution in [2.24, 2.45) is 5.73 Å². The molecule has 2 aromatic carbocycles. The summed E-state index contributed by atoms with van der Waals surface area (Å²) in [6.45, 7) is 4.48. The summed E-state index contributed by atoms with van der Waals surface area (Å²) in [6, 6.07) is 14.3. The highest BCUT2D eigenvalue weighted by molar-refractivity contribution is 6.03. The predicted molar refractivity (Wildman–Crippen MR) is 136 cm³/mol. The molecule has 0 bridgehead atoms. The minimum Gasteiger partial charge on any atom is -0.445 e. The van der Waals surface area contributed by atoms with Crippen LogP contribution in [0.3, 0.4) is 0 Å². The van der Waals surface area contributed by atoms with E-state index in [-0.39, 0.29) is 18.3 Å². The van der Waals surface area contributed by atoms with Gasteiger partial charge in [-0.25, -0.2) is 14.8 Å². The van der Waals surface area contributed by atoms with Gasteiger partial charge in [-0.2, -0.15) is 0 Å². The van der Waals surface area contributed by atoms with Crippen molar-refractivity contribution in [3.8, 4) is 0 Å². The maximum Gasteiger partial charge on any atom is 0.407 e. The summed E-state index contributed by atoms with van der Waals surface area (Å²) in [5, 5.41) is 5.52. The van der Waals surface area contributed by atoms with Crippen molar-refractivity contribution in [2.45, 2.75) is 39.8 Å². The summed E-state index contributed by atoms with van der Waals surface area (Å²) in [5.41, 5.74) is 8.34. The largest absolute Gasteiger partial charge is 0.445 e. The topological polar surface area (TPSA) is 154 Å². The first-order chi connectivity index (χ1) is 17.9. The first kappa shape index (κ1) is 25.4. The number of primary amides is 1. The molecule has 0 aliphatic rings. The second kappa shape index (κ2) is 11.4. The molecule has 2 aromatic heterocycles. The number of rotatable bonds is 10. The Balaban J connectivity index is 1.46. The van der Waals surface area contributed by atoms with Crippen molar-refractivity contribution in [1.82, 2.24) is 19.9 Å². The number of aryl methyl sites for hydroxylation is 3. The third-order valence-corrected chi connectivity index (χ3v) is 5.64. The number of oxazole rings is 1. The van der Waals surface area contributed by atoms with E-state index >= 15 is 0 Å². The lowest BCUT2D eigenvalue weighted by atomic mass is 10.2. The van der Waals surface area contributed by atoms with E-state index in [4.69, 9.17) is 14.9 Å². The molecule has 192 valence electrons. The van der Waals surface area contributed by atoms with Crippen LogP contribution in [0.2, 0.25) is 0 Å². The number of hydrogen-bond donors (Lipinski definition) is 3. The third kappa shape index (κ3) is 6.13. The van der Waals surface area contributed by atoms with E-state index in [0.717, 1.165) is 5.56 Å². The van der Waals surface area contributed by atoms with Crippen molar-refractivity contribution in [1.29, 1.82) is 0 Å². The molecular formula is C26H28N6O5. The fraction of sp³-hybridized carbons (Fsp3) is 0.269. The highest BCUT2D eigenvalue weighted by Gasteiger charge is 2.21. The van der Waals surface area contributed by atoms with Crippen molar-refractivity contribution < 1.29 is 23.5 Å². The number of hydrogen-bond acceptors (Lipinski definition) is 7. The van der Waals surface area contributed by atoms with Gasteiger partial charge in [0.05, 0.1) is 16.7 Å². The minimum absolute atomic E-state index is 0.124. The third-order valence-electron chi connectivity index (χ3n) is 5.64. The maximum atomic E-state index is 13.0. The Bertz CT molecular complexity index is 1430. The van der Waals surface area contributed by atoms with Crippen LogP contribution >= 0.6 is 0 Å². The van der Waals surface area contributed by atoms with Crippen LogP contribution in [0.4, 0.5) is 10.7 Å². The smallest absolute Gasteiger partial charge is 0.407 e. The SMILES string of the molecule is CCc1nc(C)oc1C(=O)Nc1nc2cc(C(N)=O)ccc2n1CCCNC(=O)OCc1ccccc1. The zero-order chi connectivity index (χ0) is 26.4. The van der Waals surface area contributed by atoms with Crippen LogP contribution < -0.4 is 16.4 Å². The van der Waals surface area contributed by atoms with Gasteiger partial charge in [-0.3, -0.25) is 14.9 Å². The van der Waals surface area contributed by atoms with Crippen LogP contribution in [0.15, 0.2) is 52.9 Å². The minimum atomic E-state index is -0.579. The van der Waals surface area contributed by atoms with E-state index in [9.17, 15) is 14.4 Å². The first-order valence-electron chi connectivity index (χ1n) is 11.9. The number of benzene rings is 2. The Labute approximate surface area is 213 Å². The Kier molecular flexibility index (Phi) is 7.82. The fourth-order valence-corrected chi connectivity index (χ4v) is 3.85. The van der Waals surface area contributed by atoms with Gasteiger partial charge in [0, 0.05) is 25.6 Å². The summed E-state index contributed by atoms with van der Waals surface area (Å²) in [4.78, 5) is 45.4. The molecule has 0 aliphatic heterocycles. The molecule has 2 heterocycles. The van der Waals surface area contributed by atoms with Gasteiger partial charge in [0.1, 0.15) is 6.61 Å². The Morgan fingerprint density at radius 1 is 1.11 bits per heavy atom. The molecule has 0 atom stereocenters. The average Bonchev–Trinajstić information content (AvgIpc) is 3.44. The van der Waals surface area contributed by atoms with Crippen molar-refractivity contribution >= 4 is 34.9 Å². The molecule has 0 spiro atoms. The van der Waals surface area contributed by atoms with E-state index in [2.05, 4.69) is 20.6 Å². The predicted octanol–water partition coefficient (Wildman–Crippen LogP) is 3.56. The average molecular weight is 505 g/mol. The normalized spacial score (nSPS) is 10.9. The molecular weight excluding hydrogens is 476 g/mol. The zero-order valence-electron chi connectivity index (χ0n) is 20.6. The van der Waals surface area contributed by atoms with E-state index < -0.39 is 17.9 Å². The number of anilines is 1. The number of carbonyl (C=O) groups excluding carboxylic acids is 3. The van der Waals surface area contributed by atoms with Gasteiger partial charge in [0.15, 0.2) is 5.89 Å².